The monoisotopic (exact) mass is 328 g/mol. The molecule has 0 bridgehead atoms. The first-order valence-electron chi connectivity index (χ1n) is 8.87. The zero-order chi connectivity index (χ0) is 17.0. The summed E-state index contributed by atoms with van der Waals surface area (Å²) in [6.07, 6.45) is 6.56. The molecule has 128 valence electrons. The largest absolute Gasteiger partial charge is 0.357 e. The van der Waals surface area contributed by atoms with E-state index in [9.17, 15) is 4.39 Å². The van der Waals surface area contributed by atoms with E-state index in [-0.39, 0.29) is 12.4 Å². The maximum atomic E-state index is 13.9. The highest BCUT2D eigenvalue weighted by Crippen LogP contribution is 2.45. The van der Waals surface area contributed by atoms with E-state index in [1.165, 1.54) is 44.2 Å². The van der Waals surface area contributed by atoms with Crippen LogP contribution in [0.3, 0.4) is 0 Å². The minimum absolute atomic E-state index is 0.257. The molecule has 4 nitrogen and oxygen atoms in total. The molecule has 1 saturated carbocycles. The lowest BCUT2D eigenvalue weighted by Crippen LogP contribution is -2.41. The summed E-state index contributed by atoms with van der Waals surface area (Å²) in [5.41, 5.74) is 1.42. The molecule has 0 aromatic heterocycles. The second kappa shape index (κ2) is 7.21. The molecular weight excluding hydrogens is 303 g/mol. The minimum atomic E-state index is -0.303. The number of nitrogens with zero attached hydrogens (tertiary/aromatic N) is 3. The minimum Gasteiger partial charge on any atom is -0.357 e. The smallest absolute Gasteiger partial charge is 0.194 e. The fourth-order valence-corrected chi connectivity index (χ4v) is 4.00. The molecule has 3 rings (SSSR count). The Hall–Kier alpha value is -2.09. The molecule has 0 atom stereocenters. The molecule has 5 heteroatoms. The maximum absolute atomic E-state index is 13.9. The summed E-state index contributed by atoms with van der Waals surface area (Å²) >= 11 is 0. The van der Waals surface area contributed by atoms with Gasteiger partial charge in [0.05, 0.1) is 18.2 Å². The van der Waals surface area contributed by atoms with Gasteiger partial charge in [-0.25, -0.2) is 9.38 Å². The summed E-state index contributed by atoms with van der Waals surface area (Å²) in [7, 11) is 0. The molecule has 24 heavy (non-hydrogen) atoms. The van der Waals surface area contributed by atoms with Gasteiger partial charge in [0.25, 0.3) is 0 Å². The van der Waals surface area contributed by atoms with Gasteiger partial charge in [-0.05, 0) is 49.8 Å². The zero-order valence-electron chi connectivity index (χ0n) is 14.3. The van der Waals surface area contributed by atoms with Crippen LogP contribution in [-0.4, -0.2) is 30.5 Å². The summed E-state index contributed by atoms with van der Waals surface area (Å²) in [5.74, 6) is 0.560. The van der Waals surface area contributed by atoms with E-state index in [4.69, 9.17) is 5.26 Å². The van der Waals surface area contributed by atoms with Gasteiger partial charge >= 0.3 is 0 Å². The Bertz CT molecular complexity index is 656. The number of nitriles is 1. The topological polar surface area (TPSA) is 51.4 Å². The fraction of sp³-hybridized carbons (Fsp3) is 0.579. The number of hydrogen-bond acceptors (Lipinski definition) is 2. The van der Waals surface area contributed by atoms with Crippen LogP contribution in [0.15, 0.2) is 23.2 Å². The van der Waals surface area contributed by atoms with Gasteiger partial charge in [0.1, 0.15) is 5.82 Å². The molecule has 2 fully saturated rings. The summed E-state index contributed by atoms with van der Waals surface area (Å²) in [6.45, 7) is 5.18. The second-order valence-corrected chi connectivity index (χ2v) is 6.97. The van der Waals surface area contributed by atoms with Crippen molar-refractivity contribution < 1.29 is 4.39 Å². The van der Waals surface area contributed by atoms with Crippen LogP contribution in [-0.2, 0) is 6.54 Å². The predicted octanol–water partition coefficient (Wildman–Crippen LogP) is 3.43. The molecule has 1 saturated heterocycles. The first-order chi connectivity index (χ1) is 11.7. The first-order valence-corrected chi connectivity index (χ1v) is 8.87. The van der Waals surface area contributed by atoms with E-state index < -0.39 is 0 Å². The quantitative estimate of drug-likeness (QED) is 0.683. The number of benzene rings is 1. The van der Waals surface area contributed by atoms with Crippen LogP contribution in [0, 0.1) is 22.6 Å². The molecule has 0 amide bonds. The molecule has 1 N–H and O–H groups in total. The highest BCUT2D eigenvalue weighted by Gasteiger charge is 2.41. The van der Waals surface area contributed by atoms with E-state index in [0.29, 0.717) is 16.5 Å². The van der Waals surface area contributed by atoms with Crippen molar-refractivity contribution in [2.45, 2.75) is 45.6 Å². The number of likely N-dealkylation sites (tertiary alicyclic amines) is 1. The first kappa shape index (κ1) is 16.8. The van der Waals surface area contributed by atoms with Gasteiger partial charge in [0.2, 0.25) is 0 Å². The lowest BCUT2D eigenvalue weighted by atomic mass is 9.86. The summed E-state index contributed by atoms with van der Waals surface area (Å²) < 4.78 is 13.9. The van der Waals surface area contributed by atoms with Crippen LogP contribution < -0.4 is 5.32 Å². The van der Waals surface area contributed by atoms with E-state index in [0.717, 1.165) is 25.6 Å². The second-order valence-electron chi connectivity index (χ2n) is 6.97. The Morgan fingerprint density at radius 2 is 2.17 bits per heavy atom. The van der Waals surface area contributed by atoms with Crippen LogP contribution in [0.4, 0.5) is 4.39 Å². The molecule has 0 radical (unpaired) electrons. The van der Waals surface area contributed by atoms with Crippen LogP contribution in [0.1, 0.15) is 50.2 Å². The normalized spacial score (nSPS) is 19.7. The van der Waals surface area contributed by atoms with E-state index in [1.54, 1.807) is 6.07 Å². The standard InChI is InChI=1S/C19H25FN4/c1-2-22-18(24-10-9-19(14-24)7-3-4-8-19)23-13-16-11-15(12-21)5-6-17(16)20/h5-6,11H,2-4,7-10,13-14H2,1H3,(H,22,23). The third-order valence-electron chi connectivity index (χ3n) is 5.31. The Kier molecular flexibility index (Phi) is 5.03. The zero-order valence-corrected chi connectivity index (χ0v) is 14.3. The van der Waals surface area contributed by atoms with E-state index in [2.05, 4.69) is 21.3 Å². The van der Waals surface area contributed by atoms with Crippen molar-refractivity contribution in [2.24, 2.45) is 10.4 Å². The van der Waals surface area contributed by atoms with Crippen LogP contribution in [0.25, 0.3) is 0 Å². The summed E-state index contributed by atoms with van der Waals surface area (Å²) in [6, 6.07) is 6.49. The van der Waals surface area contributed by atoms with Gasteiger partial charge in [-0.2, -0.15) is 5.26 Å². The van der Waals surface area contributed by atoms with Gasteiger partial charge < -0.3 is 10.2 Å². The van der Waals surface area contributed by atoms with E-state index >= 15 is 0 Å². The Labute approximate surface area is 143 Å². The molecular formula is C19H25FN4. The average molecular weight is 328 g/mol. The third-order valence-corrected chi connectivity index (χ3v) is 5.31. The van der Waals surface area contributed by atoms with Gasteiger partial charge in [-0.1, -0.05) is 12.8 Å². The molecule has 1 aliphatic carbocycles. The number of halogens is 1. The molecule has 1 heterocycles. The molecule has 1 aromatic rings. The average Bonchev–Trinajstić information content (AvgIpc) is 3.23. The summed E-state index contributed by atoms with van der Waals surface area (Å²) in [5, 5.41) is 12.3. The summed E-state index contributed by atoms with van der Waals surface area (Å²) in [4.78, 5) is 6.96. The molecule has 1 aliphatic heterocycles. The Morgan fingerprint density at radius 1 is 1.38 bits per heavy atom. The fourth-order valence-electron chi connectivity index (χ4n) is 4.00. The van der Waals surface area contributed by atoms with Crippen molar-refractivity contribution in [2.75, 3.05) is 19.6 Å². The SMILES string of the molecule is CCNC(=NCc1cc(C#N)ccc1F)N1CCC2(CCCC2)C1. The van der Waals surface area contributed by atoms with Crippen LogP contribution >= 0.6 is 0 Å². The van der Waals surface area contributed by atoms with Crippen LogP contribution in [0.2, 0.25) is 0 Å². The third kappa shape index (κ3) is 3.53. The van der Waals surface area contributed by atoms with Crippen molar-refractivity contribution >= 4 is 5.96 Å². The lowest BCUT2D eigenvalue weighted by Gasteiger charge is -2.26. The van der Waals surface area contributed by atoms with E-state index in [1.807, 2.05) is 6.92 Å². The maximum Gasteiger partial charge on any atom is 0.194 e. The van der Waals surface area contributed by atoms with Crippen molar-refractivity contribution in [3.05, 3.63) is 35.1 Å². The number of rotatable bonds is 3. The van der Waals surface area contributed by atoms with Crippen LogP contribution in [0.5, 0.6) is 0 Å². The molecule has 0 unspecified atom stereocenters. The number of hydrogen-bond donors (Lipinski definition) is 1. The molecule has 1 spiro atoms. The van der Waals surface area contributed by atoms with Gasteiger partial charge in [0, 0.05) is 25.2 Å². The predicted molar refractivity (Wildman–Crippen MR) is 93.0 cm³/mol. The Balaban J connectivity index is 1.74. The number of guanidine groups is 1. The molecule has 2 aliphatic rings. The van der Waals surface area contributed by atoms with Crippen molar-refractivity contribution in [3.63, 3.8) is 0 Å². The Morgan fingerprint density at radius 3 is 2.88 bits per heavy atom. The van der Waals surface area contributed by atoms with Crippen molar-refractivity contribution in [3.8, 4) is 6.07 Å². The van der Waals surface area contributed by atoms with Crippen molar-refractivity contribution in [1.82, 2.24) is 10.2 Å². The highest BCUT2D eigenvalue weighted by molar-refractivity contribution is 5.80. The molecule has 1 aromatic carbocycles. The van der Waals surface area contributed by atoms with Crippen molar-refractivity contribution in [1.29, 1.82) is 5.26 Å². The van der Waals surface area contributed by atoms with Gasteiger partial charge in [-0.3, -0.25) is 0 Å². The van der Waals surface area contributed by atoms with Gasteiger partial charge in [-0.15, -0.1) is 0 Å². The number of aliphatic imine (C=N–C) groups is 1. The number of nitrogens with one attached hydrogen (secondary N) is 1. The van der Waals surface area contributed by atoms with Gasteiger partial charge in [0.15, 0.2) is 5.96 Å². The highest BCUT2D eigenvalue weighted by atomic mass is 19.1. The lowest BCUT2D eigenvalue weighted by molar-refractivity contribution is 0.309.